The molecule has 4 N–H and O–H groups in total. The highest BCUT2D eigenvalue weighted by Crippen LogP contribution is 2.20. The number of thiocarbonyl (C=S) groups is 1. The van der Waals surface area contributed by atoms with E-state index in [0.29, 0.717) is 0 Å². The number of ether oxygens (including phenoxy) is 1. The van der Waals surface area contributed by atoms with Crippen LogP contribution in [-0.4, -0.2) is 24.8 Å². The Morgan fingerprint density at radius 3 is 2.75 bits per heavy atom. The highest BCUT2D eigenvalue weighted by Gasteiger charge is 2.14. The number of nitrogens with two attached hydrogens (primary N) is 1. The molecule has 1 saturated heterocycles. The molecule has 5 heteroatoms. The Balaban J connectivity index is 2.03. The first-order valence-corrected chi connectivity index (χ1v) is 5.65. The summed E-state index contributed by atoms with van der Waals surface area (Å²) < 4.78 is 5.65. The molecular formula is C11H15N3OS. The molecule has 0 spiro atoms. The zero-order valence-corrected chi connectivity index (χ0v) is 9.72. The molecule has 1 aliphatic rings. The van der Waals surface area contributed by atoms with Crippen LogP contribution in [-0.2, 0) is 4.74 Å². The minimum absolute atomic E-state index is 0.146. The molecule has 1 unspecified atom stereocenters. The molecule has 1 heterocycles. The summed E-state index contributed by atoms with van der Waals surface area (Å²) in [6, 6.07) is 7.95. The van der Waals surface area contributed by atoms with E-state index in [4.69, 9.17) is 22.7 Å². The van der Waals surface area contributed by atoms with Crippen molar-refractivity contribution in [2.45, 2.75) is 6.10 Å². The third-order valence-corrected chi connectivity index (χ3v) is 2.58. The summed E-state index contributed by atoms with van der Waals surface area (Å²) in [5.74, 6) is 0. The van der Waals surface area contributed by atoms with Crippen LogP contribution in [0, 0.1) is 0 Å². The summed E-state index contributed by atoms with van der Waals surface area (Å²) in [6.45, 7) is 2.55. The highest BCUT2D eigenvalue weighted by molar-refractivity contribution is 7.80. The van der Waals surface area contributed by atoms with E-state index >= 15 is 0 Å². The summed E-state index contributed by atoms with van der Waals surface area (Å²) in [5, 5.41) is 6.47. The first kappa shape index (κ1) is 11.3. The van der Waals surface area contributed by atoms with Crippen molar-refractivity contribution >= 4 is 23.0 Å². The number of anilines is 1. The second-order valence-electron chi connectivity index (χ2n) is 3.67. The zero-order chi connectivity index (χ0) is 11.4. The monoisotopic (exact) mass is 237 g/mol. The number of nitrogens with one attached hydrogen (secondary N) is 2. The fourth-order valence-corrected chi connectivity index (χ4v) is 1.82. The number of rotatable bonds is 2. The topological polar surface area (TPSA) is 59.3 Å². The van der Waals surface area contributed by atoms with Gasteiger partial charge in [-0.05, 0) is 29.9 Å². The Hall–Kier alpha value is -1.17. The molecule has 0 aromatic heterocycles. The lowest BCUT2D eigenvalue weighted by molar-refractivity contribution is 0.0277. The third kappa shape index (κ3) is 2.91. The minimum atomic E-state index is 0.146. The Morgan fingerprint density at radius 1 is 1.44 bits per heavy atom. The summed E-state index contributed by atoms with van der Waals surface area (Å²) in [4.78, 5) is 0. The molecule has 0 aliphatic carbocycles. The highest BCUT2D eigenvalue weighted by atomic mass is 32.1. The van der Waals surface area contributed by atoms with Gasteiger partial charge in [0.15, 0.2) is 5.11 Å². The fourth-order valence-electron chi connectivity index (χ4n) is 1.70. The molecule has 0 saturated carbocycles. The van der Waals surface area contributed by atoms with E-state index < -0.39 is 0 Å². The molecule has 4 nitrogen and oxygen atoms in total. The van der Waals surface area contributed by atoms with E-state index in [9.17, 15) is 0 Å². The van der Waals surface area contributed by atoms with Gasteiger partial charge in [-0.15, -0.1) is 0 Å². The summed E-state index contributed by atoms with van der Waals surface area (Å²) in [7, 11) is 0. The molecule has 2 rings (SSSR count). The predicted octanol–water partition coefficient (Wildman–Crippen LogP) is 1.00. The van der Waals surface area contributed by atoms with Gasteiger partial charge in [0, 0.05) is 18.8 Å². The van der Waals surface area contributed by atoms with Crippen LogP contribution >= 0.6 is 12.2 Å². The van der Waals surface area contributed by atoms with Gasteiger partial charge >= 0.3 is 0 Å². The van der Waals surface area contributed by atoms with Crippen LogP contribution in [0.4, 0.5) is 5.69 Å². The number of morpholine rings is 1. The van der Waals surface area contributed by atoms with E-state index in [1.165, 1.54) is 5.56 Å². The third-order valence-electron chi connectivity index (χ3n) is 2.48. The maximum atomic E-state index is 5.65. The smallest absolute Gasteiger partial charge is 0.168 e. The van der Waals surface area contributed by atoms with Crippen LogP contribution in [0.15, 0.2) is 24.3 Å². The van der Waals surface area contributed by atoms with Gasteiger partial charge in [0.1, 0.15) is 0 Å². The van der Waals surface area contributed by atoms with E-state index in [1.807, 2.05) is 24.3 Å². The lowest BCUT2D eigenvalue weighted by Crippen LogP contribution is -2.33. The van der Waals surface area contributed by atoms with Crippen LogP contribution in [0.1, 0.15) is 11.7 Å². The lowest BCUT2D eigenvalue weighted by atomic mass is 10.1. The normalized spacial score (nSPS) is 20.4. The van der Waals surface area contributed by atoms with Gasteiger partial charge in [-0.1, -0.05) is 12.1 Å². The van der Waals surface area contributed by atoms with Gasteiger partial charge in [0.05, 0.1) is 12.7 Å². The molecule has 1 atom stereocenters. The van der Waals surface area contributed by atoms with Crippen molar-refractivity contribution in [3.8, 4) is 0 Å². The van der Waals surface area contributed by atoms with E-state index in [0.717, 1.165) is 25.4 Å². The summed E-state index contributed by atoms with van der Waals surface area (Å²) >= 11 is 4.77. The summed E-state index contributed by atoms with van der Waals surface area (Å²) in [5.41, 5.74) is 7.46. The zero-order valence-electron chi connectivity index (χ0n) is 8.90. The molecule has 0 amide bonds. The average molecular weight is 237 g/mol. The molecule has 1 fully saturated rings. The average Bonchev–Trinajstić information content (AvgIpc) is 2.30. The van der Waals surface area contributed by atoms with Gasteiger partial charge in [0.25, 0.3) is 0 Å². The van der Waals surface area contributed by atoms with Gasteiger partial charge in [-0.25, -0.2) is 0 Å². The van der Waals surface area contributed by atoms with Crippen molar-refractivity contribution in [3.63, 3.8) is 0 Å². The SMILES string of the molecule is NC(=S)Nc1ccc(C2CNCCO2)cc1. The Bertz CT molecular complexity index is 360. The number of benzene rings is 1. The van der Waals surface area contributed by atoms with Crippen molar-refractivity contribution in [3.05, 3.63) is 29.8 Å². The van der Waals surface area contributed by atoms with Crippen molar-refractivity contribution in [2.24, 2.45) is 5.73 Å². The second kappa shape index (κ2) is 5.25. The first-order chi connectivity index (χ1) is 7.75. The van der Waals surface area contributed by atoms with Gasteiger partial charge < -0.3 is 21.1 Å². The van der Waals surface area contributed by atoms with Crippen LogP contribution in [0.2, 0.25) is 0 Å². The van der Waals surface area contributed by atoms with Crippen molar-refractivity contribution < 1.29 is 4.74 Å². The molecule has 1 aliphatic heterocycles. The van der Waals surface area contributed by atoms with Gasteiger partial charge in [0.2, 0.25) is 0 Å². The maximum absolute atomic E-state index is 5.65. The van der Waals surface area contributed by atoms with E-state index in [2.05, 4.69) is 10.6 Å². The molecule has 0 bridgehead atoms. The predicted molar refractivity (Wildman–Crippen MR) is 68.4 cm³/mol. The van der Waals surface area contributed by atoms with Gasteiger partial charge in [-0.3, -0.25) is 0 Å². The molecule has 86 valence electrons. The Morgan fingerprint density at radius 2 is 2.19 bits per heavy atom. The standard InChI is InChI=1S/C11H15N3OS/c12-11(16)14-9-3-1-8(2-4-9)10-7-13-5-6-15-10/h1-4,10,13H,5-7H2,(H3,12,14,16). The molecule has 1 aromatic carbocycles. The van der Waals surface area contributed by atoms with Crippen LogP contribution in [0.3, 0.4) is 0 Å². The van der Waals surface area contributed by atoms with E-state index in [1.54, 1.807) is 0 Å². The van der Waals surface area contributed by atoms with Crippen LogP contribution in [0.25, 0.3) is 0 Å². The molecular weight excluding hydrogens is 222 g/mol. The lowest BCUT2D eigenvalue weighted by Gasteiger charge is -2.24. The molecule has 0 radical (unpaired) electrons. The van der Waals surface area contributed by atoms with Crippen molar-refractivity contribution in [1.29, 1.82) is 0 Å². The van der Waals surface area contributed by atoms with Gasteiger partial charge in [-0.2, -0.15) is 0 Å². The Kier molecular flexibility index (Phi) is 3.71. The first-order valence-electron chi connectivity index (χ1n) is 5.24. The van der Waals surface area contributed by atoms with Crippen molar-refractivity contribution in [2.75, 3.05) is 25.0 Å². The molecule has 16 heavy (non-hydrogen) atoms. The van der Waals surface area contributed by atoms with Crippen LogP contribution in [0.5, 0.6) is 0 Å². The number of hydrogen-bond acceptors (Lipinski definition) is 3. The minimum Gasteiger partial charge on any atom is -0.376 e. The molecule has 1 aromatic rings. The quantitative estimate of drug-likeness (QED) is 0.670. The second-order valence-corrected chi connectivity index (χ2v) is 4.11. The Labute approximate surface area is 100 Å². The van der Waals surface area contributed by atoms with Crippen LogP contribution < -0.4 is 16.4 Å². The van der Waals surface area contributed by atoms with E-state index in [-0.39, 0.29) is 11.2 Å². The maximum Gasteiger partial charge on any atom is 0.168 e. The number of hydrogen-bond donors (Lipinski definition) is 3. The van der Waals surface area contributed by atoms with Crippen molar-refractivity contribution in [1.82, 2.24) is 5.32 Å². The fraction of sp³-hybridized carbons (Fsp3) is 0.364. The summed E-state index contributed by atoms with van der Waals surface area (Å²) in [6.07, 6.45) is 0.146. The largest absolute Gasteiger partial charge is 0.376 e.